The first-order valence-electron chi connectivity index (χ1n) is 10.9. The number of rotatable bonds is 6. The van der Waals surface area contributed by atoms with Crippen LogP contribution in [0.3, 0.4) is 0 Å². The predicted molar refractivity (Wildman–Crippen MR) is 115 cm³/mol. The third-order valence-corrected chi connectivity index (χ3v) is 6.58. The van der Waals surface area contributed by atoms with Gasteiger partial charge in [0.2, 0.25) is 0 Å². The van der Waals surface area contributed by atoms with Crippen LogP contribution in [0.15, 0.2) is 60.9 Å². The van der Waals surface area contributed by atoms with E-state index in [1.54, 1.807) is 12.1 Å². The van der Waals surface area contributed by atoms with E-state index >= 15 is 0 Å². The molecule has 1 aliphatic carbocycles. The van der Waals surface area contributed by atoms with Crippen molar-refractivity contribution in [2.75, 3.05) is 26.2 Å². The van der Waals surface area contributed by atoms with Crippen molar-refractivity contribution in [3.8, 4) is 0 Å². The van der Waals surface area contributed by atoms with Gasteiger partial charge in [0.1, 0.15) is 12.1 Å². The van der Waals surface area contributed by atoms with E-state index in [2.05, 4.69) is 48.8 Å². The zero-order valence-electron chi connectivity index (χ0n) is 17.2. The Hall–Kier alpha value is -2.57. The number of halogens is 1. The van der Waals surface area contributed by atoms with Gasteiger partial charge in [-0.15, -0.1) is 10.2 Å². The van der Waals surface area contributed by atoms with Gasteiger partial charge in [-0.3, -0.25) is 9.80 Å². The van der Waals surface area contributed by atoms with Crippen LogP contribution in [-0.4, -0.2) is 56.8 Å². The van der Waals surface area contributed by atoms with Gasteiger partial charge in [-0.25, -0.2) is 4.39 Å². The van der Waals surface area contributed by atoms with Gasteiger partial charge in [-0.2, -0.15) is 0 Å². The monoisotopic (exact) mass is 405 g/mol. The summed E-state index contributed by atoms with van der Waals surface area (Å²) in [6.07, 6.45) is 5.86. The van der Waals surface area contributed by atoms with E-state index in [9.17, 15) is 4.39 Å². The first-order chi connectivity index (χ1) is 14.8. The second-order valence-corrected chi connectivity index (χ2v) is 8.41. The number of benzene rings is 2. The summed E-state index contributed by atoms with van der Waals surface area (Å²) in [5.41, 5.74) is 2.28. The van der Waals surface area contributed by atoms with Gasteiger partial charge in [-0.1, -0.05) is 48.9 Å². The maximum Gasteiger partial charge on any atom is 0.155 e. The van der Waals surface area contributed by atoms with Crippen molar-refractivity contribution in [1.82, 2.24) is 24.6 Å². The lowest BCUT2D eigenvalue weighted by Gasteiger charge is -2.44. The molecule has 2 fully saturated rings. The molecule has 2 aromatic carbocycles. The fraction of sp³-hybridized carbons (Fsp3) is 0.417. The molecule has 1 saturated carbocycles. The number of nitrogens with zero attached hydrogens (tertiary/aromatic N) is 5. The quantitative estimate of drug-likeness (QED) is 0.626. The van der Waals surface area contributed by atoms with E-state index < -0.39 is 0 Å². The topological polar surface area (TPSA) is 37.2 Å². The molecule has 5 nitrogen and oxygen atoms in total. The van der Waals surface area contributed by atoms with Crippen molar-refractivity contribution in [3.05, 3.63) is 83.7 Å². The van der Waals surface area contributed by atoms with Gasteiger partial charge >= 0.3 is 0 Å². The van der Waals surface area contributed by atoms with Crippen LogP contribution in [0.25, 0.3) is 0 Å². The highest BCUT2D eigenvalue weighted by atomic mass is 19.1. The Morgan fingerprint density at radius 1 is 0.933 bits per heavy atom. The highest BCUT2D eigenvalue weighted by Crippen LogP contribution is 2.31. The summed E-state index contributed by atoms with van der Waals surface area (Å²) in [6, 6.07) is 18.0. The summed E-state index contributed by atoms with van der Waals surface area (Å²) < 4.78 is 15.8. The van der Waals surface area contributed by atoms with Crippen LogP contribution >= 0.6 is 0 Å². The lowest BCUT2D eigenvalue weighted by Crippen LogP contribution is -2.53. The third-order valence-electron chi connectivity index (χ3n) is 6.58. The van der Waals surface area contributed by atoms with Crippen molar-refractivity contribution in [1.29, 1.82) is 0 Å². The summed E-state index contributed by atoms with van der Waals surface area (Å²) in [7, 11) is 0. The van der Waals surface area contributed by atoms with Crippen LogP contribution in [0.4, 0.5) is 4.39 Å². The lowest BCUT2D eigenvalue weighted by atomic mass is 9.91. The zero-order chi connectivity index (χ0) is 20.3. The second-order valence-electron chi connectivity index (χ2n) is 8.41. The van der Waals surface area contributed by atoms with Crippen molar-refractivity contribution in [3.63, 3.8) is 0 Å². The van der Waals surface area contributed by atoms with Crippen molar-refractivity contribution >= 4 is 0 Å². The molecule has 1 saturated heterocycles. The lowest BCUT2D eigenvalue weighted by molar-refractivity contribution is 0.0476. The van der Waals surface area contributed by atoms with Crippen LogP contribution in [0, 0.1) is 5.82 Å². The highest BCUT2D eigenvalue weighted by Gasteiger charge is 2.33. The molecule has 30 heavy (non-hydrogen) atoms. The second kappa shape index (κ2) is 8.66. The molecule has 156 valence electrons. The third kappa shape index (κ3) is 4.02. The van der Waals surface area contributed by atoms with Gasteiger partial charge in [0.15, 0.2) is 5.82 Å². The Morgan fingerprint density at radius 2 is 1.67 bits per heavy atom. The van der Waals surface area contributed by atoms with Gasteiger partial charge < -0.3 is 4.57 Å². The van der Waals surface area contributed by atoms with Crippen molar-refractivity contribution < 1.29 is 4.39 Å². The van der Waals surface area contributed by atoms with Crippen LogP contribution in [0.5, 0.6) is 0 Å². The Morgan fingerprint density at radius 3 is 2.33 bits per heavy atom. The first kappa shape index (κ1) is 19.4. The molecule has 5 rings (SSSR count). The smallest absolute Gasteiger partial charge is 0.155 e. The minimum absolute atomic E-state index is 0.0275. The molecule has 2 aliphatic rings. The molecule has 0 bridgehead atoms. The van der Waals surface area contributed by atoms with Crippen LogP contribution in [-0.2, 0) is 6.54 Å². The maximum atomic E-state index is 13.6. The van der Waals surface area contributed by atoms with E-state index in [-0.39, 0.29) is 11.9 Å². The molecule has 1 aromatic heterocycles. The molecule has 0 N–H and O–H groups in total. The molecule has 0 radical (unpaired) electrons. The van der Waals surface area contributed by atoms with Gasteiger partial charge in [0.25, 0.3) is 0 Å². The fourth-order valence-electron chi connectivity index (χ4n) is 4.66. The summed E-state index contributed by atoms with van der Waals surface area (Å²) in [6.45, 7) is 4.85. The van der Waals surface area contributed by atoms with Gasteiger partial charge in [0, 0.05) is 32.2 Å². The minimum Gasteiger partial charge on any atom is -0.311 e. The number of aromatic nitrogens is 3. The molecule has 2 heterocycles. The molecule has 1 aliphatic heterocycles. The molecule has 0 spiro atoms. The standard InChI is InChI=1S/C24H28FN5/c25-21-11-9-20(10-12-21)23(29-15-13-28(14-16-29)22-7-4-8-22)24-27-26-18-30(24)17-19-5-2-1-3-6-19/h1-3,5-6,9-12,18,22-23H,4,7-8,13-17H2. The normalized spacial score (nSPS) is 19.5. The van der Waals surface area contributed by atoms with Gasteiger partial charge in [0.05, 0.1) is 12.6 Å². The average Bonchev–Trinajstić information content (AvgIpc) is 3.18. The van der Waals surface area contributed by atoms with Gasteiger partial charge in [-0.05, 0) is 36.1 Å². The largest absolute Gasteiger partial charge is 0.311 e. The fourth-order valence-corrected chi connectivity index (χ4v) is 4.66. The van der Waals surface area contributed by atoms with E-state index in [0.717, 1.165) is 50.2 Å². The Balaban J connectivity index is 1.42. The summed E-state index contributed by atoms with van der Waals surface area (Å²) in [5.74, 6) is 0.709. The van der Waals surface area contributed by atoms with E-state index in [4.69, 9.17) is 0 Å². The van der Waals surface area contributed by atoms with E-state index in [1.165, 1.54) is 24.8 Å². The number of hydrogen-bond acceptors (Lipinski definition) is 4. The van der Waals surface area contributed by atoms with Crippen LogP contribution in [0.2, 0.25) is 0 Å². The molecule has 0 amide bonds. The van der Waals surface area contributed by atoms with Crippen molar-refractivity contribution in [2.45, 2.75) is 37.9 Å². The highest BCUT2D eigenvalue weighted by molar-refractivity contribution is 5.26. The summed E-state index contributed by atoms with van der Waals surface area (Å²) in [4.78, 5) is 5.12. The maximum absolute atomic E-state index is 13.6. The first-order valence-corrected chi connectivity index (χ1v) is 10.9. The Bertz CT molecular complexity index is 943. The molecule has 3 aromatic rings. The average molecular weight is 406 g/mol. The minimum atomic E-state index is -0.210. The Labute approximate surface area is 177 Å². The zero-order valence-corrected chi connectivity index (χ0v) is 17.2. The molecule has 6 heteroatoms. The van der Waals surface area contributed by atoms with Crippen molar-refractivity contribution in [2.24, 2.45) is 0 Å². The summed E-state index contributed by atoms with van der Waals surface area (Å²) >= 11 is 0. The van der Waals surface area contributed by atoms with E-state index in [0.29, 0.717) is 0 Å². The predicted octanol–water partition coefficient (Wildman–Crippen LogP) is 3.73. The number of hydrogen-bond donors (Lipinski definition) is 0. The molecule has 1 atom stereocenters. The Kier molecular flexibility index (Phi) is 5.60. The van der Waals surface area contributed by atoms with Crippen LogP contribution < -0.4 is 0 Å². The molecule has 1 unspecified atom stereocenters. The SMILES string of the molecule is Fc1ccc(C(c2nncn2Cc2ccccc2)N2CCN(C3CCC3)CC2)cc1. The van der Waals surface area contributed by atoms with E-state index in [1.807, 2.05) is 24.5 Å². The van der Waals surface area contributed by atoms with Crippen LogP contribution in [0.1, 0.15) is 42.3 Å². The summed E-state index contributed by atoms with van der Waals surface area (Å²) in [5, 5.41) is 8.78. The molecular formula is C24H28FN5. The molecular weight excluding hydrogens is 377 g/mol. The number of piperazine rings is 1.